The molecule has 6 nitrogen and oxygen atoms in total. The summed E-state index contributed by atoms with van der Waals surface area (Å²) in [4.78, 5) is 15.1. The molecule has 0 aliphatic heterocycles. The maximum atomic E-state index is 11.1. The predicted molar refractivity (Wildman–Crippen MR) is 89.4 cm³/mol. The van der Waals surface area contributed by atoms with Gasteiger partial charge in [-0.25, -0.2) is 4.98 Å². The van der Waals surface area contributed by atoms with Crippen molar-refractivity contribution in [1.82, 2.24) is 4.98 Å². The van der Waals surface area contributed by atoms with Crippen LogP contribution in [0.4, 0.5) is 17.1 Å². The van der Waals surface area contributed by atoms with Crippen molar-refractivity contribution in [3.05, 3.63) is 64.2 Å². The number of nitrogens with zero attached hydrogens (tertiary/aromatic N) is 2. The van der Waals surface area contributed by atoms with Gasteiger partial charge in [0, 0.05) is 23.2 Å². The molecule has 1 heterocycles. The molecule has 0 spiro atoms. The number of aryl methyl sites for hydroxylation is 1. The van der Waals surface area contributed by atoms with E-state index >= 15 is 0 Å². The molecule has 0 aliphatic carbocycles. The lowest BCUT2D eigenvalue weighted by molar-refractivity contribution is -0.383. The molecule has 6 heteroatoms. The van der Waals surface area contributed by atoms with Crippen LogP contribution in [-0.4, -0.2) is 17.0 Å². The first-order valence-electron chi connectivity index (χ1n) is 7.04. The first-order chi connectivity index (χ1) is 11.1. The Labute approximate surface area is 132 Å². The second kappa shape index (κ2) is 5.92. The van der Waals surface area contributed by atoms with Gasteiger partial charge in [0.25, 0.3) is 5.69 Å². The monoisotopic (exact) mass is 309 g/mol. The number of para-hydroxylation sites is 2. The van der Waals surface area contributed by atoms with E-state index in [0.29, 0.717) is 11.6 Å². The molecule has 2 aromatic carbocycles. The summed E-state index contributed by atoms with van der Waals surface area (Å²) in [5.74, 6) is 0.556. The standard InChI is InChI=1S/C17H15N3O3/c1-11-9-13(10-12-7-8-16(23-2)19-17(11)12)18-14-5-3-4-6-15(14)20(21)22/h3-10,18H,1-2H3. The lowest BCUT2D eigenvalue weighted by Crippen LogP contribution is -1.98. The van der Waals surface area contributed by atoms with Crippen LogP contribution in [0.25, 0.3) is 10.9 Å². The van der Waals surface area contributed by atoms with Crippen LogP contribution in [0.1, 0.15) is 5.56 Å². The molecule has 23 heavy (non-hydrogen) atoms. The molecule has 3 aromatic rings. The van der Waals surface area contributed by atoms with Crippen molar-refractivity contribution in [3.8, 4) is 5.88 Å². The number of anilines is 2. The van der Waals surface area contributed by atoms with E-state index < -0.39 is 4.92 Å². The third-order valence-corrected chi connectivity index (χ3v) is 3.55. The molecule has 0 amide bonds. The molecule has 0 fully saturated rings. The second-order valence-electron chi connectivity index (χ2n) is 5.12. The minimum atomic E-state index is -0.400. The Kier molecular flexibility index (Phi) is 3.80. The van der Waals surface area contributed by atoms with Crippen molar-refractivity contribution in [2.75, 3.05) is 12.4 Å². The van der Waals surface area contributed by atoms with Gasteiger partial charge in [-0.15, -0.1) is 0 Å². The van der Waals surface area contributed by atoms with Crippen LogP contribution in [0.2, 0.25) is 0 Å². The van der Waals surface area contributed by atoms with Crippen LogP contribution in [0.3, 0.4) is 0 Å². The highest BCUT2D eigenvalue weighted by Gasteiger charge is 2.13. The minimum absolute atomic E-state index is 0.0399. The third kappa shape index (κ3) is 2.91. The lowest BCUT2D eigenvalue weighted by atomic mass is 10.1. The Morgan fingerprint density at radius 1 is 1.17 bits per heavy atom. The van der Waals surface area contributed by atoms with E-state index in [1.807, 2.05) is 25.1 Å². The summed E-state index contributed by atoms with van der Waals surface area (Å²) >= 11 is 0. The Hall–Kier alpha value is -3.15. The van der Waals surface area contributed by atoms with Crippen LogP contribution in [0, 0.1) is 17.0 Å². The normalized spacial score (nSPS) is 10.5. The highest BCUT2D eigenvalue weighted by molar-refractivity contribution is 5.87. The first kappa shape index (κ1) is 14.8. The van der Waals surface area contributed by atoms with Gasteiger partial charge in [0.15, 0.2) is 0 Å². The van der Waals surface area contributed by atoms with E-state index in [1.54, 1.807) is 31.4 Å². The van der Waals surface area contributed by atoms with Crippen LogP contribution >= 0.6 is 0 Å². The van der Waals surface area contributed by atoms with Gasteiger partial charge >= 0.3 is 0 Å². The van der Waals surface area contributed by atoms with Gasteiger partial charge in [-0.3, -0.25) is 10.1 Å². The molecular formula is C17H15N3O3. The maximum Gasteiger partial charge on any atom is 0.292 e. The molecule has 0 aliphatic rings. The fourth-order valence-corrected chi connectivity index (χ4v) is 2.48. The van der Waals surface area contributed by atoms with Crippen molar-refractivity contribution < 1.29 is 9.66 Å². The topological polar surface area (TPSA) is 77.3 Å². The highest BCUT2D eigenvalue weighted by atomic mass is 16.6. The number of nitrogens with one attached hydrogen (secondary N) is 1. The van der Waals surface area contributed by atoms with E-state index in [2.05, 4.69) is 10.3 Å². The Morgan fingerprint density at radius 2 is 1.96 bits per heavy atom. The average Bonchev–Trinajstić information content (AvgIpc) is 2.55. The molecule has 0 saturated heterocycles. The van der Waals surface area contributed by atoms with Crippen LogP contribution in [0.5, 0.6) is 5.88 Å². The summed E-state index contributed by atoms with van der Waals surface area (Å²) in [7, 11) is 1.58. The number of ether oxygens (including phenoxy) is 1. The Bertz CT molecular complexity index is 893. The first-order valence-corrected chi connectivity index (χ1v) is 7.04. The molecule has 116 valence electrons. The predicted octanol–water partition coefficient (Wildman–Crippen LogP) is 4.20. The number of hydrogen-bond donors (Lipinski definition) is 1. The van der Waals surface area contributed by atoms with Crippen molar-refractivity contribution in [2.45, 2.75) is 6.92 Å². The lowest BCUT2D eigenvalue weighted by Gasteiger charge is -2.10. The van der Waals surface area contributed by atoms with Gasteiger partial charge in [0.05, 0.1) is 17.5 Å². The number of fused-ring (bicyclic) bond motifs is 1. The quantitative estimate of drug-likeness (QED) is 0.577. The van der Waals surface area contributed by atoms with E-state index in [9.17, 15) is 10.1 Å². The number of hydrogen-bond acceptors (Lipinski definition) is 5. The fraction of sp³-hybridized carbons (Fsp3) is 0.118. The molecule has 0 saturated carbocycles. The maximum absolute atomic E-state index is 11.1. The summed E-state index contributed by atoms with van der Waals surface area (Å²) < 4.78 is 5.14. The second-order valence-corrected chi connectivity index (χ2v) is 5.12. The van der Waals surface area contributed by atoms with E-state index in [1.165, 1.54) is 6.07 Å². The number of pyridine rings is 1. The number of benzene rings is 2. The molecule has 1 N–H and O–H groups in total. The van der Waals surface area contributed by atoms with E-state index in [0.717, 1.165) is 22.2 Å². The van der Waals surface area contributed by atoms with Gasteiger partial charge in [0.1, 0.15) is 5.69 Å². The Balaban J connectivity index is 2.03. The number of nitro groups is 1. The van der Waals surface area contributed by atoms with Crippen molar-refractivity contribution in [3.63, 3.8) is 0 Å². The van der Waals surface area contributed by atoms with E-state index in [-0.39, 0.29) is 5.69 Å². The van der Waals surface area contributed by atoms with Crippen molar-refractivity contribution >= 4 is 28.0 Å². The summed E-state index contributed by atoms with van der Waals surface area (Å²) in [6, 6.07) is 14.1. The van der Waals surface area contributed by atoms with Gasteiger partial charge in [-0.1, -0.05) is 12.1 Å². The van der Waals surface area contributed by atoms with Crippen LogP contribution < -0.4 is 10.1 Å². The molecular weight excluding hydrogens is 294 g/mol. The molecule has 3 rings (SSSR count). The van der Waals surface area contributed by atoms with Gasteiger partial charge in [0.2, 0.25) is 5.88 Å². The molecule has 0 radical (unpaired) electrons. The fourth-order valence-electron chi connectivity index (χ4n) is 2.48. The van der Waals surface area contributed by atoms with Crippen molar-refractivity contribution in [1.29, 1.82) is 0 Å². The molecule has 0 bridgehead atoms. The average molecular weight is 309 g/mol. The Morgan fingerprint density at radius 3 is 2.70 bits per heavy atom. The zero-order chi connectivity index (χ0) is 16.4. The summed E-state index contributed by atoms with van der Waals surface area (Å²) in [5, 5.41) is 15.2. The number of aromatic nitrogens is 1. The van der Waals surface area contributed by atoms with Gasteiger partial charge in [-0.05, 0) is 36.8 Å². The zero-order valence-corrected chi connectivity index (χ0v) is 12.7. The number of nitro benzene ring substituents is 1. The number of methoxy groups -OCH3 is 1. The summed E-state index contributed by atoms with van der Waals surface area (Å²) in [6.07, 6.45) is 0. The third-order valence-electron chi connectivity index (χ3n) is 3.55. The summed E-state index contributed by atoms with van der Waals surface area (Å²) in [5.41, 5.74) is 3.08. The van der Waals surface area contributed by atoms with Gasteiger partial charge in [-0.2, -0.15) is 0 Å². The molecule has 0 unspecified atom stereocenters. The largest absolute Gasteiger partial charge is 0.481 e. The van der Waals surface area contributed by atoms with Crippen LogP contribution in [-0.2, 0) is 0 Å². The van der Waals surface area contributed by atoms with Gasteiger partial charge < -0.3 is 10.1 Å². The smallest absolute Gasteiger partial charge is 0.292 e. The SMILES string of the molecule is COc1ccc2cc(Nc3ccccc3[N+](=O)[O-])cc(C)c2n1. The molecule has 1 aromatic heterocycles. The zero-order valence-electron chi connectivity index (χ0n) is 12.7. The number of rotatable bonds is 4. The van der Waals surface area contributed by atoms with E-state index in [4.69, 9.17) is 4.74 Å². The molecule has 0 atom stereocenters. The highest BCUT2D eigenvalue weighted by Crippen LogP contribution is 2.30. The van der Waals surface area contributed by atoms with Crippen molar-refractivity contribution in [2.24, 2.45) is 0 Å². The minimum Gasteiger partial charge on any atom is -0.481 e. The van der Waals surface area contributed by atoms with Crippen LogP contribution in [0.15, 0.2) is 48.5 Å². The summed E-state index contributed by atoms with van der Waals surface area (Å²) in [6.45, 7) is 1.94.